The molecular formula is C13H21N5O. The Hall–Kier alpha value is -1.82. The van der Waals surface area contributed by atoms with E-state index in [1.165, 1.54) is 0 Å². The van der Waals surface area contributed by atoms with E-state index in [1.54, 1.807) is 6.20 Å². The Morgan fingerprint density at radius 2 is 2.16 bits per heavy atom. The predicted molar refractivity (Wildman–Crippen MR) is 75.7 cm³/mol. The van der Waals surface area contributed by atoms with Gasteiger partial charge in [-0.2, -0.15) is 0 Å². The number of anilines is 1. The normalized spacial score (nSPS) is 20.6. The highest BCUT2D eigenvalue weighted by Crippen LogP contribution is 2.22. The van der Waals surface area contributed by atoms with Gasteiger partial charge in [-0.3, -0.25) is 4.90 Å². The zero-order chi connectivity index (χ0) is 14.0. The summed E-state index contributed by atoms with van der Waals surface area (Å²) in [6, 6.07) is 3.73. The first-order valence-corrected chi connectivity index (χ1v) is 6.34. The van der Waals surface area contributed by atoms with E-state index >= 15 is 0 Å². The van der Waals surface area contributed by atoms with Gasteiger partial charge in [-0.15, -0.1) is 0 Å². The molecule has 0 radical (unpaired) electrons. The molecule has 19 heavy (non-hydrogen) atoms. The van der Waals surface area contributed by atoms with Crippen molar-refractivity contribution in [1.29, 1.82) is 0 Å². The summed E-state index contributed by atoms with van der Waals surface area (Å²) in [6.07, 6.45) is 1.63. The van der Waals surface area contributed by atoms with Gasteiger partial charge in [0.15, 0.2) is 5.84 Å². The van der Waals surface area contributed by atoms with E-state index in [0.717, 1.165) is 25.5 Å². The van der Waals surface area contributed by atoms with E-state index in [0.29, 0.717) is 5.56 Å². The van der Waals surface area contributed by atoms with Gasteiger partial charge < -0.3 is 15.8 Å². The third-order valence-corrected chi connectivity index (χ3v) is 3.79. The highest BCUT2D eigenvalue weighted by atomic mass is 16.4. The number of likely N-dealkylation sites (N-methyl/N-ethyl adjacent to an activating group) is 1. The number of oxime groups is 1. The monoisotopic (exact) mass is 263 g/mol. The maximum Gasteiger partial charge on any atom is 0.171 e. The van der Waals surface area contributed by atoms with Crippen LogP contribution in [0.15, 0.2) is 23.5 Å². The second-order valence-corrected chi connectivity index (χ2v) is 5.55. The summed E-state index contributed by atoms with van der Waals surface area (Å²) in [4.78, 5) is 9.01. The van der Waals surface area contributed by atoms with Crippen molar-refractivity contribution in [3.05, 3.63) is 23.9 Å². The number of pyridine rings is 1. The minimum atomic E-state index is 0.0813. The number of rotatable bonds is 2. The first-order valence-electron chi connectivity index (χ1n) is 6.34. The molecule has 2 heterocycles. The molecule has 1 aromatic rings. The highest BCUT2D eigenvalue weighted by molar-refractivity contribution is 5.96. The van der Waals surface area contributed by atoms with E-state index in [-0.39, 0.29) is 11.4 Å². The second kappa shape index (κ2) is 5.05. The standard InChI is InChI=1S/C13H21N5O/c1-13(2)9-18(7-6-17(13)3)11-5-4-10(8-15-11)12(14)16-19/h4-5,8,19H,6-7,9H2,1-3H3,(H2,14,16). The van der Waals surface area contributed by atoms with Crippen LogP contribution in [0.3, 0.4) is 0 Å². The van der Waals surface area contributed by atoms with Crippen molar-refractivity contribution in [1.82, 2.24) is 9.88 Å². The molecule has 3 N–H and O–H groups in total. The minimum Gasteiger partial charge on any atom is -0.409 e. The maximum atomic E-state index is 8.62. The largest absolute Gasteiger partial charge is 0.409 e. The van der Waals surface area contributed by atoms with E-state index in [9.17, 15) is 0 Å². The van der Waals surface area contributed by atoms with Crippen LogP contribution in [0.2, 0.25) is 0 Å². The summed E-state index contributed by atoms with van der Waals surface area (Å²) in [5, 5.41) is 11.6. The van der Waals surface area contributed by atoms with E-state index in [1.807, 2.05) is 12.1 Å². The van der Waals surface area contributed by atoms with Gasteiger partial charge in [0.1, 0.15) is 5.82 Å². The fourth-order valence-electron chi connectivity index (χ4n) is 2.22. The van der Waals surface area contributed by atoms with Crippen molar-refractivity contribution in [2.45, 2.75) is 19.4 Å². The lowest BCUT2D eigenvalue weighted by atomic mass is 10.00. The fraction of sp³-hybridized carbons (Fsp3) is 0.538. The second-order valence-electron chi connectivity index (χ2n) is 5.55. The van der Waals surface area contributed by atoms with E-state index < -0.39 is 0 Å². The van der Waals surface area contributed by atoms with Crippen LogP contribution in [0.25, 0.3) is 0 Å². The van der Waals surface area contributed by atoms with Gasteiger partial charge in [0, 0.05) is 36.9 Å². The molecule has 0 atom stereocenters. The Bertz CT molecular complexity index is 468. The Labute approximate surface area is 113 Å². The molecule has 1 aromatic heterocycles. The van der Waals surface area contributed by atoms with Crippen LogP contribution in [0.1, 0.15) is 19.4 Å². The molecular weight excluding hydrogens is 242 g/mol. The van der Waals surface area contributed by atoms with E-state index in [2.05, 4.69) is 40.8 Å². The Kier molecular flexibility index (Phi) is 3.61. The molecule has 6 heteroatoms. The molecule has 1 aliphatic rings. The zero-order valence-corrected chi connectivity index (χ0v) is 11.7. The summed E-state index contributed by atoms with van der Waals surface area (Å²) in [6.45, 7) is 7.35. The van der Waals surface area contributed by atoms with Gasteiger partial charge in [0.2, 0.25) is 0 Å². The van der Waals surface area contributed by atoms with Crippen LogP contribution in [0.4, 0.5) is 5.82 Å². The van der Waals surface area contributed by atoms with Crippen molar-refractivity contribution in [3.8, 4) is 0 Å². The van der Waals surface area contributed by atoms with Crippen LogP contribution in [0, 0.1) is 0 Å². The Morgan fingerprint density at radius 3 is 2.68 bits per heavy atom. The van der Waals surface area contributed by atoms with Gasteiger partial charge in [0.05, 0.1) is 0 Å². The van der Waals surface area contributed by atoms with Crippen LogP contribution in [-0.2, 0) is 0 Å². The van der Waals surface area contributed by atoms with Crippen molar-refractivity contribution >= 4 is 11.7 Å². The first-order chi connectivity index (χ1) is 8.94. The summed E-state index contributed by atoms with van der Waals surface area (Å²) in [7, 11) is 2.15. The molecule has 0 unspecified atom stereocenters. The average Bonchev–Trinajstić information content (AvgIpc) is 2.41. The number of hydrogen-bond acceptors (Lipinski definition) is 5. The zero-order valence-electron chi connectivity index (χ0n) is 11.7. The van der Waals surface area contributed by atoms with Crippen molar-refractivity contribution in [3.63, 3.8) is 0 Å². The molecule has 6 nitrogen and oxygen atoms in total. The van der Waals surface area contributed by atoms with Gasteiger partial charge in [-0.05, 0) is 33.0 Å². The SMILES string of the molecule is CN1CCN(c2ccc(C(N)=NO)cn2)CC1(C)C. The molecule has 0 aliphatic carbocycles. The average molecular weight is 263 g/mol. The van der Waals surface area contributed by atoms with Crippen molar-refractivity contribution < 1.29 is 5.21 Å². The minimum absolute atomic E-state index is 0.0813. The summed E-state index contributed by atoms with van der Waals surface area (Å²) in [5.74, 6) is 1.01. The smallest absolute Gasteiger partial charge is 0.171 e. The van der Waals surface area contributed by atoms with Gasteiger partial charge in [-0.25, -0.2) is 4.98 Å². The molecule has 104 valence electrons. The topological polar surface area (TPSA) is 78.0 Å². The van der Waals surface area contributed by atoms with Crippen LogP contribution < -0.4 is 10.6 Å². The molecule has 1 aliphatic heterocycles. The maximum absolute atomic E-state index is 8.62. The van der Waals surface area contributed by atoms with Crippen LogP contribution >= 0.6 is 0 Å². The van der Waals surface area contributed by atoms with Crippen LogP contribution in [0.5, 0.6) is 0 Å². The molecule has 1 saturated heterocycles. The number of nitrogens with zero attached hydrogens (tertiary/aromatic N) is 4. The Balaban J connectivity index is 2.15. The van der Waals surface area contributed by atoms with Crippen LogP contribution in [-0.4, -0.2) is 53.1 Å². The predicted octanol–water partition coefficient (Wildman–Crippen LogP) is 0.706. The van der Waals surface area contributed by atoms with Gasteiger partial charge >= 0.3 is 0 Å². The summed E-state index contributed by atoms with van der Waals surface area (Å²) >= 11 is 0. The quantitative estimate of drug-likeness (QED) is 0.355. The number of nitrogens with two attached hydrogens (primary N) is 1. The van der Waals surface area contributed by atoms with Gasteiger partial charge in [0.25, 0.3) is 0 Å². The number of amidine groups is 1. The van der Waals surface area contributed by atoms with Crippen molar-refractivity contribution in [2.75, 3.05) is 31.6 Å². The molecule has 0 bridgehead atoms. The summed E-state index contributed by atoms with van der Waals surface area (Å²) < 4.78 is 0. The highest BCUT2D eigenvalue weighted by Gasteiger charge is 2.31. The number of aromatic nitrogens is 1. The first kappa shape index (κ1) is 13.6. The molecule has 1 fully saturated rings. The molecule has 0 amide bonds. The molecule has 2 rings (SSSR count). The lowest BCUT2D eigenvalue weighted by Crippen LogP contribution is -2.57. The van der Waals surface area contributed by atoms with Gasteiger partial charge in [-0.1, -0.05) is 5.16 Å². The van der Waals surface area contributed by atoms with E-state index in [4.69, 9.17) is 10.9 Å². The Morgan fingerprint density at radius 1 is 1.42 bits per heavy atom. The summed E-state index contributed by atoms with van der Waals surface area (Å²) in [5.41, 5.74) is 6.28. The fourth-order valence-corrected chi connectivity index (χ4v) is 2.22. The molecule has 0 spiro atoms. The number of piperazine rings is 1. The van der Waals surface area contributed by atoms with Crippen molar-refractivity contribution in [2.24, 2.45) is 10.9 Å². The lowest BCUT2D eigenvalue weighted by molar-refractivity contribution is 0.138. The third-order valence-electron chi connectivity index (χ3n) is 3.79. The third kappa shape index (κ3) is 2.78. The lowest BCUT2D eigenvalue weighted by Gasteiger charge is -2.45. The number of hydrogen-bond donors (Lipinski definition) is 2. The molecule has 0 aromatic carbocycles. The molecule has 0 saturated carbocycles.